The molecule has 2 aromatic heterocycles. The summed E-state index contributed by atoms with van der Waals surface area (Å²) in [6.07, 6.45) is 3.03. The molecule has 0 saturated carbocycles. The molecule has 5 heteroatoms. The van der Waals surface area contributed by atoms with E-state index < -0.39 is 0 Å². The molecule has 0 aliphatic carbocycles. The first-order valence-corrected chi connectivity index (χ1v) is 4.73. The van der Waals surface area contributed by atoms with E-state index in [1.807, 2.05) is 13.8 Å². The van der Waals surface area contributed by atoms with E-state index in [1.165, 1.54) is 6.20 Å². The predicted octanol–water partition coefficient (Wildman–Crippen LogP) is 1.96. The quantitative estimate of drug-likeness (QED) is 0.784. The first kappa shape index (κ1) is 9.27. The smallest absolute Gasteiger partial charge is 0.211 e. The second-order valence-corrected chi connectivity index (χ2v) is 3.82. The van der Waals surface area contributed by atoms with E-state index in [-0.39, 0.29) is 16.5 Å². The molecule has 14 heavy (non-hydrogen) atoms. The third-order valence-electron chi connectivity index (χ3n) is 2.08. The van der Waals surface area contributed by atoms with Crippen LogP contribution >= 0.6 is 11.6 Å². The Morgan fingerprint density at radius 1 is 1.57 bits per heavy atom. The molecule has 0 amide bonds. The van der Waals surface area contributed by atoms with Gasteiger partial charge in [-0.3, -0.25) is 4.79 Å². The van der Waals surface area contributed by atoms with Gasteiger partial charge in [-0.25, -0.2) is 4.68 Å². The Hall–Kier alpha value is -1.29. The van der Waals surface area contributed by atoms with Crippen LogP contribution in [-0.2, 0) is 0 Å². The Balaban J connectivity index is 2.84. The lowest BCUT2D eigenvalue weighted by Gasteiger charge is -2.05. The molecule has 1 N–H and O–H groups in total. The number of aromatic amines is 1. The largest absolute Gasteiger partial charge is 0.345 e. The van der Waals surface area contributed by atoms with Crippen molar-refractivity contribution >= 4 is 22.6 Å². The molecule has 4 nitrogen and oxygen atoms in total. The van der Waals surface area contributed by atoms with Crippen LogP contribution in [0.5, 0.6) is 0 Å². The minimum absolute atomic E-state index is 0.174. The number of fused-ring (bicyclic) bond motifs is 1. The molecule has 74 valence electrons. The highest BCUT2D eigenvalue weighted by Gasteiger charge is 2.10. The molecule has 0 aliphatic rings. The average molecular weight is 212 g/mol. The van der Waals surface area contributed by atoms with Gasteiger partial charge in [-0.2, -0.15) is 5.10 Å². The molecule has 0 unspecified atom stereocenters. The Labute approximate surface area is 85.5 Å². The molecular weight excluding hydrogens is 202 g/mol. The van der Waals surface area contributed by atoms with Crippen molar-refractivity contribution in [3.63, 3.8) is 0 Å². The lowest BCUT2D eigenvalue weighted by Crippen LogP contribution is -2.06. The molecular formula is C9H10ClN3O. The number of pyridine rings is 1. The van der Waals surface area contributed by atoms with Gasteiger partial charge in [0.05, 0.1) is 11.6 Å². The molecule has 0 spiro atoms. The normalized spacial score (nSPS) is 11.4. The van der Waals surface area contributed by atoms with Crippen LogP contribution in [0.2, 0.25) is 5.02 Å². The Morgan fingerprint density at radius 3 is 2.93 bits per heavy atom. The molecule has 0 atom stereocenters. The van der Waals surface area contributed by atoms with E-state index in [2.05, 4.69) is 10.1 Å². The van der Waals surface area contributed by atoms with Gasteiger partial charge < -0.3 is 4.98 Å². The van der Waals surface area contributed by atoms with Gasteiger partial charge in [-0.15, -0.1) is 0 Å². The zero-order chi connectivity index (χ0) is 10.3. The second-order valence-electron chi connectivity index (χ2n) is 3.41. The summed E-state index contributed by atoms with van der Waals surface area (Å²) in [5, 5.41) is 4.85. The van der Waals surface area contributed by atoms with Gasteiger partial charge in [0.1, 0.15) is 10.7 Å². The van der Waals surface area contributed by atoms with E-state index >= 15 is 0 Å². The van der Waals surface area contributed by atoms with Crippen LogP contribution in [0, 0.1) is 0 Å². The van der Waals surface area contributed by atoms with Gasteiger partial charge in [0.2, 0.25) is 5.43 Å². The monoisotopic (exact) mass is 211 g/mol. The molecule has 0 bridgehead atoms. The zero-order valence-electron chi connectivity index (χ0n) is 7.91. The lowest BCUT2D eigenvalue weighted by molar-refractivity contribution is 0.546. The molecule has 2 rings (SSSR count). The highest BCUT2D eigenvalue weighted by atomic mass is 35.5. The lowest BCUT2D eigenvalue weighted by atomic mass is 10.3. The molecule has 2 heterocycles. The average Bonchev–Trinajstić information content (AvgIpc) is 2.55. The second kappa shape index (κ2) is 3.13. The first-order chi connectivity index (χ1) is 6.61. The number of hydrogen-bond acceptors (Lipinski definition) is 2. The van der Waals surface area contributed by atoms with Crippen molar-refractivity contribution in [1.29, 1.82) is 0 Å². The van der Waals surface area contributed by atoms with Crippen molar-refractivity contribution in [2.45, 2.75) is 19.9 Å². The van der Waals surface area contributed by atoms with Crippen LogP contribution in [0.15, 0.2) is 17.2 Å². The summed E-state index contributed by atoms with van der Waals surface area (Å²) in [5.74, 6) is 0. The number of nitrogens with one attached hydrogen (secondary N) is 1. The fourth-order valence-corrected chi connectivity index (χ4v) is 1.55. The summed E-state index contributed by atoms with van der Waals surface area (Å²) < 4.78 is 1.76. The Kier molecular flexibility index (Phi) is 2.07. The van der Waals surface area contributed by atoms with Crippen molar-refractivity contribution in [3.8, 4) is 0 Å². The number of rotatable bonds is 1. The van der Waals surface area contributed by atoms with Gasteiger partial charge in [0.25, 0.3) is 0 Å². The summed E-state index contributed by atoms with van der Waals surface area (Å²) in [5.41, 5.74) is 0.543. The zero-order valence-corrected chi connectivity index (χ0v) is 8.67. The van der Waals surface area contributed by atoms with Crippen molar-refractivity contribution in [2.75, 3.05) is 0 Å². The van der Waals surface area contributed by atoms with E-state index in [9.17, 15) is 4.79 Å². The summed E-state index contributed by atoms with van der Waals surface area (Å²) in [6.45, 7) is 4.00. The van der Waals surface area contributed by atoms with Crippen LogP contribution in [-0.4, -0.2) is 14.8 Å². The SMILES string of the molecule is CC(C)n1ncc2c(=O)c(Cl)c[nH]c21. The van der Waals surface area contributed by atoms with Crippen molar-refractivity contribution < 1.29 is 0 Å². The van der Waals surface area contributed by atoms with Crippen molar-refractivity contribution in [2.24, 2.45) is 0 Å². The number of halogens is 1. The standard InChI is InChI=1S/C9H10ClN3O/c1-5(2)13-9-6(3-12-13)8(14)7(10)4-11-9/h3-5H,1-2H3,(H,11,14). The summed E-state index contributed by atoms with van der Waals surface area (Å²) in [4.78, 5) is 14.5. The maximum atomic E-state index is 11.6. The third-order valence-corrected chi connectivity index (χ3v) is 2.36. The van der Waals surface area contributed by atoms with Gasteiger partial charge >= 0.3 is 0 Å². The minimum atomic E-state index is -0.174. The van der Waals surface area contributed by atoms with Gasteiger partial charge in [0, 0.05) is 12.2 Å². The molecule has 0 radical (unpaired) electrons. The van der Waals surface area contributed by atoms with Gasteiger partial charge in [0.15, 0.2) is 0 Å². The van der Waals surface area contributed by atoms with E-state index in [0.717, 1.165) is 5.65 Å². The highest BCUT2D eigenvalue weighted by molar-refractivity contribution is 6.30. The Morgan fingerprint density at radius 2 is 2.29 bits per heavy atom. The maximum Gasteiger partial charge on any atom is 0.211 e. The van der Waals surface area contributed by atoms with Crippen LogP contribution < -0.4 is 5.43 Å². The van der Waals surface area contributed by atoms with E-state index in [0.29, 0.717) is 5.39 Å². The summed E-state index contributed by atoms with van der Waals surface area (Å²) >= 11 is 5.70. The van der Waals surface area contributed by atoms with Crippen LogP contribution in [0.3, 0.4) is 0 Å². The molecule has 0 aliphatic heterocycles. The Bertz CT molecular complexity index is 526. The van der Waals surface area contributed by atoms with Crippen LogP contribution in [0.4, 0.5) is 0 Å². The predicted molar refractivity (Wildman–Crippen MR) is 55.7 cm³/mol. The van der Waals surface area contributed by atoms with Gasteiger partial charge in [-0.05, 0) is 13.8 Å². The number of aromatic nitrogens is 3. The third kappa shape index (κ3) is 1.23. The fourth-order valence-electron chi connectivity index (χ4n) is 1.39. The van der Waals surface area contributed by atoms with Crippen molar-refractivity contribution in [1.82, 2.24) is 14.8 Å². The van der Waals surface area contributed by atoms with Crippen LogP contribution in [0.1, 0.15) is 19.9 Å². The molecule has 0 saturated heterocycles. The van der Waals surface area contributed by atoms with Crippen LogP contribution in [0.25, 0.3) is 11.0 Å². The maximum absolute atomic E-state index is 11.6. The number of hydrogen-bond donors (Lipinski definition) is 1. The molecule has 0 aromatic carbocycles. The number of H-pyrrole nitrogens is 1. The molecule has 0 fully saturated rings. The van der Waals surface area contributed by atoms with E-state index in [1.54, 1.807) is 10.9 Å². The van der Waals surface area contributed by atoms with E-state index in [4.69, 9.17) is 11.6 Å². The topological polar surface area (TPSA) is 50.7 Å². The minimum Gasteiger partial charge on any atom is -0.345 e. The molecule has 2 aromatic rings. The summed E-state index contributed by atoms with van der Waals surface area (Å²) in [6, 6.07) is 0.212. The number of nitrogens with zero attached hydrogens (tertiary/aromatic N) is 2. The van der Waals surface area contributed by atoms with Gasteiger partial charge in [-0.1, -0.05) is 11.6 Å². The fraction of sp³-hybridized carbons (Fsp3) is 0.333. The highest BCUT2D eigenvalue weighted by Crippen LogP contribution is 2.13. The van der Waals surface area contributed by atoms with Crippen molar-refractivity contribution in [3.05, 3.63) is 27.6 Å². The first-order valence-electron chi connectivity index (χ1n) is 4.35. The summed E-state index contributed by atoms with van der Waals surface area (Å²) in [7, 11) is 0.